The van der Waals surface area contributed by atoms with Gasteiger partial charge >= 0.3 is 0 Å². The van der Waals surface area contributed by atoms with Crippen LogP contribution in [0.3, 0.4) is 0 Å². The summed E-state index contributed by atoms with van der Waals surface area (Å²) in [6.45, 7) is 5.35. The molecule has 3 rings (SSSR count). The Morgan fingerprint density at radius 3 is 2.95 bits per heavy atom. The lowest BCUT2D eigenvalue weighted by molar-refractivity contribution is -0.0248. The summed E-state index contributed by atoms with van der Waals surface area (Å²) in [6.07, 6.45) is 3.03. The third-order valence-electron chi connectivity index (χ3n) is 3.58. The van der Waals surface area contributed by atoms with Crippen LogP contribution < -0.4 is 0 Å². The molecule has 6 heteroatoms. The molecule has 6 nitrogen and oxygen atoms in total. The van der Waals surface area contributed by atoms with E-state index in [9.17, 15) is 4.79 Å². The van der Waals surface area contributed by atoms with Crippen molar-refractivity contribution in [3.63, 3.8) is 0 Å². The Morgan fingerprint density at radius 2 is 2.23 bits per heavy atom. The summed E-state index contributed by atoms with van der Waals surface area (Å²) in [5, 5.41) is 0. The van der Waals surface area contributed by atoms with Gasteiger partial charge in [-0.1, -0.05) is 0 Å². The number of nitrogens with zero attached hydrogens (tertiary/aromatic N) is 4. The van der Waals surface area contributed by atoms with Gasteiger partial charge in [-0.3, -0.25) is 9.78 Å². The molecule has 1 amide bonds. The van der Waals surface area contributed by atoms with E-state index in [-0.39, 0.29) is 12.0 Å². The number of ether oxygens (including phenoxy) is 1. The molecule has 0 bridgehead atoms. The summed E-state index contributed by atoms with van der Waals surface area (Å²) >= 11 is 0. The molecule has 2 aromatic rings. The molecule has 1 saturated heterocycles. The topological polar surface area (TPSA) is 68.2 Å². The zero-order valence-electron chi connectivity index (χ0n) is 12.7. The first-order chi connectivity index (χ1) is 10.6. The quantitative estimate of drug-likeness (QED) is 0.844. The molecule has 2 aromatic heterocycles. The highest BCUT2D eigenvalue weighted by Crippen LogP contribution is 2.22. The first kappa shape index (κ1) is 14.6. The van der Waals surface area contributed by atoms with Crippen LogP contribution in [0.4, 0.5) is 0 Å². The normalized spacial score (nSPS) is 18.3. The second-order valence-corrected chi connectivity index (χ2v) is 5.33. The lowest BCUT2D eigenvalue weighted by Gasteiger charge is -2.32. The van der Waals surface area contributed by atoms with Gasteiger partial charge < -0.3 is 9.64 Å². The van der Waals surface area contributed by atoms with E-state index >= 15 is 0 Å². The number of hydrogen-bond donors (Lipinski definition) is 0. The Kier molecular flexibility index (Phi) is 4.11. The van der Waals surface area contributed by atoms with Crippen molar-refractivity contribution in [2.24, 2.45) is 0 Å². The van der Waals surface area contributed by atoms with Gasteiger partial charge in [0.25, 0.3) is 5.91 Å². The van der Waals surface area contributed by atoms with E-state index in [1.807, 2.05) is 19.9 Å². The van der Waals surface area contributed by atoms with E-state index in [1.54, 1.807) is 29.4 Å². The minimum Gasteiger partial charge on any atom is -0.368 e. The minimum absolute atomic E-state index is 0.0242. The van der Waals surface area contributed by atoms with E-state index in [0.717, 1.165) is 11.4 Å². The van der Waals surface area contributed by atoms with Crippen LogP contribution in [-0.2, 0) is 4.74 Å². The smallest absolute Gasteiger partial charge is 0.255 e. The van der Waals surface area contributed by atoms with E-state index in [2.05, 4.69) is 15.0 Å². The van der Waals surface area contributed by atoms with Crippen molar-refractivity contribution < 1.29 is 9.53 Å². The average molecular weight is 298 g/mol. The van der Waals surface area contributed by atoms with E-state index in [1.165, 1.54) is 0 Å². The summed E-state index contributed by atoms with van der Waals surface area (Å²) in [5.74, 6) is 0.693. The number of carbonyl (C=O) groups is 1. The number of morpholine rings is 1. The fourth-order valence-electron chi connectivity index (χ4n) is 2.60. The molecule has 22 heavy (non-hydrogen) atoms. The molecule has 0 N–H and O–H groups in total. The zero-order chi connectivity index (χ0) is 15.5. The van der Waals surface area contributed by atoms with Gasteiger partial charge in [0, 0.05) is 24.6 Å². The van der Waals surface area contributed by atoms with Crippen molar-refractivity contribution in [3.8, 4) is 0 Å². The van der Waals surface area contributed by atoms with Gasteiger partial charge in [-0.2, -0.15) is 0 Å². The van der Waals surface area contributed by atoms with Crippen LogP contribution in [0.1, 0.15) is 33.7 Å². The van der Waals surface area contributed by atoms with Crippen molar-refractivity contribution in [2.45, 2.75) is 20.0 Å². The summed E-state index contributed by atoms with van der Waals surface area (Å²) in [6, 6.07) is 5.46. The highest BCUT2D eigenvalue weighted by molar-refractivity contribution is 5.93. The second kappa shape index (κ2) is 6.19. The first-order valence-electron chi connectivity index (χ1n) is 7.26. The molecule has 0 aliphatic carbocycles. The van der Waals surface area contributed by atoms with Crippen LogP contribution in [0, 0.1) is 13.8 Å². The summed E-state index contributed by atoms with van der Waals surface area (Å²) in [4.78, 5) is 27.0. The number of carbonyl (C=O) groups excluding carboxylic acids is 1. The predicted octanol–water partition coefficient (Wildman–Crippen LogP) is 1.70. The summed E-state index contributed by atoms with van der Waals surface area (Å²) in [5.41, 5.74) is 2.33. The average Bonchev–Trinajstić information content (AvgIpc) is 2.54. The van der Waals surface area contributed by atoms with Crippen LogP contribution in [0.15, 0.2) is 30.6 Å². The van der Waals surface area contributed by atoms with E-state index in [0.29, 0.717) is 31.1 Å². The SMILES string of the molecule is Cc1cc(C2CN(C(=O)c3cccnc3)CCO2)nc(C)n1. The Hall–Kier alpha value is -2.34. The Labute approximate surface area is 129 Å². The number of aryl methyl sites for hydroxylation is 2. The highest BCUT2D eigenvalue weighted by atomic mass is 16.5. The molecular weight excluding hydrogens is 280 g/mol. The van der Waals surface area contributed by atoms with Crippen molar-refractivity contribution in [1.29, 1.82) is 0 Å². The monoisotopic (exact) mass is 298 g/mol. The van der Waals surface area contributed by atoms with Crippen molar-refractivity contribution >= 4 is 5.91 Å². The van der Waals surface area contributed by atoms with Gasteiger partial charge in [-0.05, 0) is 32.0 Å². The zero-order valence-corrected chi connectivity index (χ0v) is 12.7. The standard InChI is InChI=1S/C16H18N4O2/c1-11-8-14(19-12(2)18-11)15-10-20(6-7-22-15)16(21)13-4-3-5-17-9-13/h3-5,8-9,15H,6-7,10H2,1-2H3. The summed E-state index contributed by atoms with van der Waals surface area (Å²) in [7, 11) is 0. The molecule has 1 aliphatic heterocycles. The molecule has 1 aliphatic rings. The van der Waals surface area contributed by atoms with Crippen LogP contribution in [0.25, 0.3) is 0 Å². The second-order valence-electron chi connectivity index (χ2n) is 5.33. The van der Waals surface area contributed by atoms with Gasteiger partial charge in [-0.25, -0.2) is 9.97 Å². The molecule has 1 fully saturated rings. The molecule has 3 heterocycles. The third kappa shape index (κ3) is 3.12. The predicted molar refractivity (Wildman–Crippen MR) is 80.3 cm³/mol. The number of pyridine rings is 1. The van der Waals surface area contributed by atoms with Crippen molar-refractivity contribution in [2.75, 3.05) is 19.7 Å². The van der Waals surface area contributed by atoms with Crippen LogP contribution in [0.2, 0.25) is 0 Å². The first-order valence-corrected chi connectivity index (χ1v) is 7.26. The van der Waals surface area contributed by atoms with Gasteiger partial charge in [0.05, 0.1) is 24.4 Å². The number of hydrogen-bond acceptors (Lipinski definition) is 5. The molecule has 0 radical (unpaired) electrons. The fraction of sp³-hybridized carbons (Fsp3) is 0.375. The van der Waals surface area contributed by atoms with E-state index in [4.69, 9.17) is 4.74 Å². The van der Waals surface area contributed by atoms with Gasteiger partial charge in [0.1, 0.15) is 11.9 Å². The Morgan fingerprint density at radius 1 is 1.36 bits per heavy atom. The number of amides is 1. The summed E-state index contributed by atoms with van der Waals surface area (Å²) < 4.78 is 5.79. The number of aromatic nitrogens is 3. The van der Waals surface area contributed by atoms with Crippen LogP contribution in [0.5, 0.6) is 0 Å². The molecule has 0 saturated carbocycles. The lowest BCUT2D eigenvalue weighted by Crippen LogP contribution is -2.42. The van der Waals surface area contributed by atoms with E-state index < -0.39 is 0 Å². The Bertz CT molecular complexity index is 655. The van der Waals surface area contributed by atoms with Crippen molar-refractivity contribution in [3.05, 3.63) is 53.4 Å². The third-order valence-corrected chi connectivity index (χ3v) is 3.58. The molecule has 1 unspecified atom stereocenters. The lowest BCUT2D eigenvalue weighted by atomic mass is 10.1. The fourth-order valence-corrected chi connectivity index (χ4v) is 2.60. The van der Waals surface area contributed by atoms with Gasteiger partial charge in [0.2, 0.25) is 0 Å². The molecule has 1 atom stereocenters. The van der Waals surface area contributed by atoms with Crippen molar-refractivity contribution in [1.82, 2.24) is 19.9 Å². The van der Waals surface area contributed by atoms with Gasteiger partial charge in [0.15, 0.2) is 0 Å². The highest BCUT2D eigenvalue weighted by Gasteiger charge is 2.27. The maximum Gasteiger partial charge on any atom is 0.255 e. The Balaban J connectivity index is 1.78. The molecule has 0 spiro atoms. The van der Waals surface area contributed by atoms with Crippen LogP contribution in [-0.4, -0.2) is 45.5 Å². The minimum atomic E-state index is -0.213. The maximum atomic E-state index is 12.5. The maximum absolute atomic E-state index is 12.5. The molecule has 114 valence electrons. The largest absolute Gasteiger partial charge is 0.368 e. The van der Waals surface area contributed by atoms with Gasteiger partial charge in [-0.15, -0.1) is 0 Å². The number of rotatable bonds is 2. The molecule has 0 aromatic carbocycles. The van der Waals surface area contributed by atoms with Crippen LogP contribution >= 0.6 is 0 Å². The molecular formula is C16H18N4O2.